The summed E-state index contributed by atoms with van der Waals surface area (Å²) in [5.41, 5.74) is 0.672. The van der Waals surface area contributed by atoms with Gasteiger partial charge in [-0.1, -0.05) is 26.2 Å². The molecule has 3 rings (SSSR count). The number of nitrogens with one attached hydrogen (secondary N) is 1. The van der Waals surface area contributed by atoms with E-state index in [-0.39, 0.29) is 17.9 Å². The van der Waals surface area contributed by atoms with Gasteiger partial charge in [-0.05, 0) is 62.8 Å². The number of amides is 1. The first-order chi connectivity index (χ1) is 14.5. The summed E-state index contributed by atoms with van der Waals surface area (Å²) in [6.07, 6.45) is 9.94. The van der Waals surface area contributed by atoms with Crippen LogP contribution in [-0.2, 0) is 4.79 Å². The molecule has 0 aliphatic heterocycles. The first kappa shape index (κ1) is 22.9. The molecule has 0 spiro atoms. The van der Waals surface area contributed by atoms with E-state index in [2.05, 4.69) is 17.1 Å². The molecule has 0 atom stereocenters. The molecule has 0 aromatic carbocycles. The summed E-state index contributed by atoms with van der Waals surface area (Å²) in [5.74, 6) is 0.879. The molecule has 7 heteroatoms. The molecule has 2 N–H and O–H groups in total. The standard InChI is InChI=1S/C23H35N3O3S/c1-3-15-30-22-19(21(27)24-17-7-5-4-6-8-17)13-14-20(25-22)26(2)18-11-9-16(10-12-18)23(28)29/h13-14,16-18H,3-12,15H2,1-2H3,(H,24,27)(H,28,29)/t16-,18-. The number of aliphatic carboxylic acids is 1. The van der Waals surface area contributed by atoms with Crippen LogP contribution < -0.4 is 10.2 Å². The van der Waals surface area contributed by atoms with Crippen LogP contribution >= 0.6 is 11.8 Å². The molecule has 30 heavy (non-hydrogen) atoms. The number of nitrogens with zero attached hydrogens (tertiary/aromatic N) is 2. The van der Waals surface area contributed by atoms with Crippen molar-refractivity contribution in [3.05, 3.63) is 17.7 Å². The maximum Gasteiger partial charge on any atom is 0.306 e. The number of rotatable bonds is 8. The fourth-order valence-electron chi connectivity index (χ4n) is 4.52. The Morgan fingerprint density at radius 2 is 1.83 bits per heavy atom. The number of carbonyl (C=O) groups excluding carboxylic acids is 1. The highest BCUT2D eigenvalue weighted by molar-refractivity contribution is 7.99. The largest absolute Gasteiger partial charge is 0.481 e. The summed E-state index contributed by atoms with van der Waals surface area (Å²) in [4.78, 5) is 31.2. The third-order valence-electron chi connectivity index (χ3n) is 6.43. The van der Waals surface area contributed by atoms with Crippen molar-refractivity contribution in [1.29, 1.82) is 0 Å². The van der Waals surface area contributed by atoms with E-state index >= 15 is 0 Å². The van der Waals surface area contributed by atoms with Crippen LogP contribution in [0.5, 0.6) is 0 Å². The summed E-state index contributed by atoms with van der Waals surface area (Å²) < 4.78 is 0. The molecule has 6 nitrogen and oxygen atoms in total. The minimum Gasteiger partial charge on any atom is -0.481 e. The van der Waals surface area contributed by atoms with E-state index in [1.165, 1.54) is 19.3 Å². The fourth-order valence-corrected chi connectivity index (χ4v) is 5.39. The van der Waals surface area contributed by atoms with Crippen LogP contribution in [-0.4, -0.2) is 46.9 Å². The van der Waals surface area contributed by atoms with Crippen LogP contribution in [0.25, 0.3) is 0 Å². The lowest BCUT2D eigenvalue weighted by molar-refractivity contribution is -0.142. The molecule has 1 heterocycles. The molecule has 0 unspecified atom stereocenters. The molecule has 1 amide bonds. The molecule has 2 saturated carbocycles. The van der Waals surface area contributed by atoms with Crippen molar-refractivity contribution >= 4 is 29.5 Å². The van der Waals surface area contributed by atoms with E-state index in [1.54, 1.807) is 11.8 Å². The van der Waals surface area contributed by atoms with Gasteiger partial charge in [0.1, 0.15) is 10.8 Å². The van der Waals surface area contributed by atoms with Gasteiger partial charge >= 0.3 is 5.97 Å². The van der Waals surface area contributed by atoms with E-state index in [0.29, 0.717) is 24.4 Å². The van der Waals surface area contributed by atoms with Crippen LogP contribution in [0.1, 0.15) is 81.5 Å². The second-order valence-corrected chi connectivity index (χ2v) is 9.72. The van der Waals surface area contributed by atoms with E-state index in [4.69, 9.17) is 4.98 Å². The number of carboxylic acids is 1. The van der Waals surface area contributed by atoms with Crippen molar-refractivity contribution in [2.45, 2.75) is 88.2 Å². The van der Waals surface area contributed by atoms with Gasteiger partial charge in [0.2, 0.25) is 0 Å². The Bertz CT molecular complexity index is 728. The highest BCUT2D eigenvalue weighted by atomic mass is 32.2. The SMILES string of the molecule is CCCSc1nc(N(C)[C@H]2CC[C@H](C(=O)O)CC2)ccc1C(=O)NC1CCCCC1. The highest BCUT2D eigenvalue weighted by Crippen LogP contribution is 2.31. The molecule has 2 fully saturated rings. The average molecular weight is 434 g/mol. The van der Waals surface area contributed by atoms with Gasteiger partial charge in [-0.3, -0.25) is 9.59 Å². The second kappa shape index (κ2) is 11.0. The van der Waals surface area contributed by atoms with Gasteiger partial charge in [-0.25, -0.2) is 4.98 Å². The highest BCUT2D eigenvalue weighted by Gasteiger charge is 2.29. The minimum absolute atomic E-state index is 0.0100. The van der Waals surface area contributed by atoms with Gasteiger partial charge in [0.05, 0.1) is 11.5 Å². The molecular formula is C23H35N3O3S. The Hall–Kier alpha value is -1.76. The molecule has 2 aliphatic rings. The van der Waals surface area contributed by atoms with Gasteiger partial charge in [-0.2, -0.15) is 0 Å². The Morgan fingerprint density at radius 3 is 2.47 bits per heavy atom. The van der Waals surface area contributed by atoms with Crippen molar-refractivity contribution in [1.82, 2.24) is 10.3 Å². The normalized spacial score (nSPS) is 22.5. The van der Waals surface area contributed by atoms with Crippen molar-refractivity contribution in [2.75, 3.05) is 17.7 Å². The summed E-state index contributed by atoms with van der Waals surface area (Å²) >= 11 is 1.64. The van der Waals surface area contributed by atoms with Gasteiger partial charge in [-0.15, -0.1) is 11.8 Å². The molecular weight excluding hydrogens is 398 g/mol. The van der Waals surface area contributed by atoms with E-state index < -0.39 is 5.97 Å². The molecule has 1 aromatic rings. The molecule has 0 bridgehead atoms. The van der Waals surface area contributed by atoms with Crippen LogP contribution in [0.3, 0.4) is 0 Å². The lowest BCUT2D eigenvalue weighted by Gasteiger charge is -2.34. The predicted octanol–water partition coefficient (Wildman–Crippen LogP) is 4.73. The Morgan fingerprint density at radius 1 is 1.13 bits per heavy atom. The summed E-state index contributed by atoms with van der Waals surface area (Å²) in [5, 5.41) is 13.3. The van der Waals surface area contributed by atoms with Crippen molar-refractivity contribution < 1.29 is 14.7 Å². The lowest BCUT2D eigenvalue weighted by atomic mass is 9.85. The molecule has 2 aliphatic carbocycles. The molecule has 0 radical (unpaired) electrons. The number of hydrogen-bond donors (Lipinski definition) is 2. The van der Waals surface area contributed by atoms with Gasteiger partial charge in [0, 0.05) is 19.1 Å². The van der Waals surface area contributed by atoms with Gasteiger partial charge in [0.25, 0.3) is 5.91 Å². The van der Waals surface area contributed by atoms with Gasteiger partial charge < -0.3 is 15.3 Å². The lowest BCUT2D eigenvalue weighted by Crippen LogP contribution is -2.38. The zero-order valence-electron chi connectivity index (χ0n) is 18.2. The van der Waals surface area contributed by atoms with Crippen LogP contribution in [0, 0.1) is 5.92 Å². The number of anilines is 1. The van der Waals surface area contributed by atoms with Crippen LogP contribution in [0.4, 0.5) is 5.82 Å². The van der Waals surface area contributed by atoms with Crippen molar-refractivity contribution in [2.24, 2.45) is 5.92 Å². The number of aromatic nitrogens is 1. The first-order valence-electron chi connectivity index (χ1n) is 11.4. The number of carbonyl (C=O) groups is 2. The third-order valence-corrected chi connectivity index (χ3v) is 7.63. The van der Waals surface area contributed by atoms with E-state index in [1.807, 2.05) is 19.2 Å². The first-order valence-corrected chi connectivity index (χ1v) is 12.4. The van der Waals surface area contributed by atoms with E-state index in [0.717, 1.165) is 48.7 Å². The maximum atomic E-state index is 12.9. The summed E-state index contributed by atoms with van der Waals surface area (Å²) in [6.45, 7) is 2.13. The Labute approximate surface area is 184 Å². The Balaban J connectivity index is 1.71. The summed E-state index contributed by atoms with van der Waals surface area (Å²) in [6, 6.07) is 4.42. The van der Waals surface area contributed by atoms with E-state index in [9.17, 15) is 14.7 Å². The monoisotopic (exact) mass is 433 g/mol. The third kappa shape index (κ3) is 5.90. The summed E-state index contributed by atoms with van der Waals surface area (Å²) in [7, 11) is 2.03. The smallest absolute Gasteiger partial charge is 0.306 e. The minimum atomic E-state index is -0.680. The quantitative estimate of drug-likeness (QED) is 0.577. The number of hydrogen-bond acceptors (Lipinski definition) is 5. The average Bonchev–Trinajstić information content (AvgIpc) is 2.77. The van der Waals surface area contributed by atoms with Crippen molar-refractivity contribution in [3.8, 4) is 0 Å². The number of carboxylic acid groups (broad SMARTS) is 1. The zero-order valence-corrected chi connectivity index (χ0v) is 19.0. The Kier molecular flexibility index (Phi) is 8.42. The van der Waals surface area contributed by atoms with Gasteiger partial charge in [0.15, 0.2) is 0 Å². The van der Waals surface area contributed by atoms with Crippen molar-refractivity contribution in [3.63, 3.8) is 0 Å². The zero-order chi connectivity index (χ0) is 21.5. The number of pyridine rings is 1. The predicted molar refractivity (Wildman–Crippen MR) is 121 cm³/mol. The molecule has 166 valence electrons. The number of thioether (sulfide) groups is 1. The molecule has 0 saturated heterocycles. The molecule has 1 aromatic heterocycles. The topological polar surface area (TPSA) is 82.5 Å². The second-order valence-electron chi connectivity index (χ2n) is 8.63. The van der Waals surface area contributed by atoms with Crippen LogP contribution in [0.15, 0.2) is 17.2 Å². The van der Waals surface area contributed by atoms with Crippen LogP contribution in [0.2, 0.25) is 0 Å². The maximum absolute atomic E-state index is 12.9. The fraction of sp³-hybridized carbons (Fsp3) is 0.696.